The molecule has 1 heterocycles. The first-order valence-corrected chi connectivity index (χ1v) is 14.7. The van der Waals surface area contributed by atoms with Gasteiger partial charge in [-0.1, -0.05) is 60.7 Å². The molecule has 14 heteroatoms. The highest BCUT2D eigenvalue weighted by molar-refractivity contribution is 6.01. The van der Waals surface area contributed by atoms with Crippen LogP contribution in [0.4, 0.5) is 9.59 Å². The largest absolute Gasteiger partial charge is 0.478 e. The Morgan fingerprint density at radius 2 is 1.38 bits per heavy atom. The molecule has 0 aromatic heterocycles. The summed E-state index contributed by atoms with van der Waals surface area (Å²) in [7, 11) is 0. The van der Waals surface area contributed by atoms with Crippen molar-refractivity contribution in [3.63, 3.8) is 0 Å². The van der Waals surface area contributed by atoms with E-state index in [-0.39, 0.29) is 0 Å². The molecule has 1 aliphatic rings. The summed E-state index contributed by atoms with van der Waals surface area (Å²) in [6.45, 7) is 10.5. The van der Waals surface area contributed by atoms with Crippen LogP contribution in [0.15, 0.2) is 72.5 Å². The number of guanidine groups is 1. The maximum atomic E-state index is 13.7. The molecule has 0 bridgehead atoms. The average Bonchev–Trinajstić information content (AvgIpc) is 2.95. The number of aliphatic carboxylic acids is 1. The van der Waals surface area contributed by atoms with Crippen molar-refractivity contribution in [2.45, 2.75) is 84.0 Å². The van der Waals surface area contributed by atoms with Crippen molar-refractivity contribution >= 4 is 36.0 Å². The highest BCUT2D eigenvalue weighted by Crippen LogP contribution is 2.30. The molecule has 0 saturated carbocycles. The van der Waals surface area contributed by atoms with Crippen molar-refractivity contribution < 1.29 is 48.0 Å². The van der Waals surface area contributed by atoms with Crippen LogP contribution in [0.3, 0.4) is 0 Å². The van der Waals surface area contributed by atoms with Gasteiger partial charge >= 0.3 is 24.1 Å². The fraction of sp³-hybridized carbons (Fsp3) is 0.394. The van der Waals surface area contributed by atoms with Crippen LogP contribution in [0.2, 0.25) is 0 Å². The van der Waals surface area contributed by atoms with E-state index in [1.54, 1.807) is 102 Å². The zero-order valence-corrected chi connectivity index (χ0v) is 27.2. The highest BCUT2D eigenvalue weighted by Gasteiger charge is 2.48. The zero-order chi connectivity index (χ0) is 35.1. The Morgan fingerprint density at radius 3 is 1.83 bits per heavy atom. The van der Waals surface area contributed by atoms with Crippen LogP contribution >= 0.6 is 0 Å². The number of carboxylic acids is 1. The first-order valence-electron chi connectivity index (χ1n) is 14.7. The fourth-order valence-electron chi connectivity index (χ4n) is 4.52. The SMILES string of the molecule is CC(=O)N[C@H]1[C@H](C(=O)O)OC(C(=O)OC(c2ccccc2)c2ccccc2)=C[C@@H]1N(C(=N)NC(=O)OC(C)(C)C)C(=O)OC(C)(C)C. The minimum Gasteiger partial charge on any atom is -0.478 e. The number of rotatable bonds is 7. The van der Waals surface area contributed by atoms with Crippen LogP contribution in [0.5, 0.6) is 0 Å². The van der Waals surface area contributed by atoms with E-state index in [9.17, 15) is 29.1 Å². The summed E-state index contributed by atoms with van der Waals surface area (Å²) in [5.74, 6) is -4.94. The second kappa shape index (κ2) is 14.8. The molecule has 0 saturated heterocycles. The number of benzene rings is 2. The van der Waals surface area contributed by atoms with Gasteiger partial charge in [0.1, 0.15) is 17.2 Å². The zero-order valence-electron chi connectivity index (χ0n) is 27.2. The summed E-state index contributed by atoms with van der Waals surface area (Å²) in [5.41, 5.74) is -0.890. The lowest BCUT2D eigenvalue weighted by Gasteiger charge is -2.40. The van der Waals surface area contributed by atoms with Gasteiger partial charge in [0.25, 0.3) is 0 Å². The molecule has 252 valence electrons. The first kappa shape index (κ1) is 36.1. The van der Waals surface area contributed by atoms with Gasteiger partial charge in [0.2, 0.25) is 23.7 Å². The van der Waals surface area contributed by atoms with Crippen LogP contribution in [0.1, 0.15) is 65.7 Å². The number of ether oxygens (including phenoxy) is 4. The molecule has 3 atom stereocenters. The van der Waals surface area contributed by atoms with Crippen molar-refractivity contribution in [3.8, 4) is 0 Å². The monoisotopic (exact) mass is 652 g/mol. The van der Waals surface area contributed by atoms with Gasteiger partial charge in [0.05, 0.1) is 6.04 Å². The van der Waals surface area contributed by atoms with Gasteiger partial charge < -0.3 is 29.4 Å². The lowest BCUT2D eigenvalue weighted by molar-refractivity contribution is -0.158. The van der Waals surface area contributed by atoms with E-state index in [0.717, 1.165) is 13.0 Å². The lowest BCUT2D eigenvalue weighted by Crippen LogP contribution is -2.65. The van der Waals surface area contributed by atoms with E-state index in [1.165, 1.54) is 0 Å². The molecule has 0 fully saturated rings. The minimum absolute atomic E-state index is 0.591. The minimum atomic E-state index is -1.96. The second-order valence-electron chi connectivity index (χ2n) is 12.6. The number of carboxylic acid groups (broad SMARTS) is 1. The van der Waals surface area contributed by atoms with Crippen LogP contribution < -0.4 is 10.6 Å². The number of hydrogen-bond acceptors (Lipinski definition) is 10. The summed E-state index contributed by atoms with van der Waals surface area (Å²) in [4.78, 5) is 65.4. The van der Waals surface area contributed by atoms with E-state index in [0.29, 0.717) is 16.0 Å². The number of nitrogens with zero attached hydrogens (tertiary/aromatic N) is 1. The van der Waals surface area contributed by atoms with E-state index in [1.807, 2.05) is 0 Å². The fourth-order valence-corrected chi connectivity index (χ4v) is 4.52. The summed E-state index contributed by atoms with van der Waals surface area (Å²) in [5, 5.41) is 23.4. The number of carbonyl (C=O) groups excluding carboxylic acids is 4. The second-order valence-corrected chi connectivity index (χ2v) is 12.6. The van der Waals surface area contributed by atoms with Crippen molar-refractivity contribution in [2.75, 3.05) is 0 Å². The number of esters is 1. The average molecular weight is 653 g/mol. The Labute approximate surface area is 272 Å². The summed E-state index contributed by atoms with van der Waals surface area (Å²) in [6, 6.07) is 14.4. The predicted octanol–water partition coefficient (Wildman–Crippen LogP) is 4.26. The Kier molecular flexibility index (Phi) is 11.4. The number of hydrogen-bond donors (Lipinski definition) is 4. The Hall–Kier alpha value is -5.40. The molecule has 0 radical (unpaired) electrons. The van der Waals surface area contributed by atoms with Gasteiger partial charge in [-0.2, -0.15) is 0 Å². The Morgan fingerprint density at radius 1 is 0.872 bits per heavy atom. The maximum Gasteiger partial charge on any atom is 0.417 e. The molecule has 3 amide bonds. The highest BCUT2D eigenvalue weighted by atomic mass is 16.6. The Balaban J connectivity index is 2.14. The van der Waals surface area contributed by atoms with E-state index in [2.05, 4.69) is 10.6 Å². The molecule has 0 spiro atoms. The quantitative estimate of drug-likeness (QED) is 0.145. The van der Waals surface area contributed by atoms with E-state index >= 15 is 0 Å². The molecule has 0 aliphatic carbocycles. The normalized spacial score (nSPS) is 17.7. The molecular formula is C33H40N4O10. The third kappa shape index (κ3) is 10.3. The summed E-state index contributed by atoms with van der Waals surface area (Å²) < 4.78 is 22.2. The maximum absolute atomic E-state index is 13.7. The summed E-state index contributed by atoms with van der Waals surface area (Å²) >= 11 is 0. The number of alkyl carbamates (subject to hydrolysis) is 1. The molecule has 2 aromatic carbocycles. The third-order valence-corrected chi connectivity index (χ3v) is 6.26. The van der Waals surface area contributed by atoms with Crippen molar-refractivity contribution in [2.24, 2.45) is 0 Å². The van der Waals surface area contributed by atoms with Crippen molar-refractivity contribution in [1.82, 2.24) is 15.5 Å². The van der Waals surface area contributed by atoms with Gasteiger partial charge in [0, 0.05) is 6.92 Å². The molecule has 47 heavy (non-hydrogen) atoms. The molecular weight excluding hydrogens is 612 g/mol. The topological polar surface area (TPSA) is 194 Å². The van der Waals surface area contributed by atoms with Crippen LogP contribution in [0, 0.1) is 5.41 Å². The number of nitrogens with one attached hydrogen (secondary N) is 3. The lowest BCUT2D eigenvalue weighted by atomic mass is 9.96. The molecule has 2 aromatic rings. The van der Waals surface area contributed by atoms with Gasteiger partial charge in [-0.25, -0.2) is 24.1 Å². The van der Waals surface area contributed by atoms with Crippen molar-refractivity contribution in [3.05, 3.63) is 83.6 Å². The number of amides is 3. The van der Waals surface area contributed by atoms with E-state index in [4.69, 9.17) is 24.4 Å². The Bertz CT molecular complexity index is 1470. The van der Waals surface area contributed by atoms with Gasteiger partial charge in [-0.3, -0.25) is 15.5 Å². The van der Waals surface area contributed by atoms with Gasteiger partial charge in [-0.05, 0) is 58.7 Å². The standard InChI is InChI=1S/C33H40N4O10/c1-19(38)35-24-22(37(31(43)47-33(5,6)7)29(34)36-30(42)46-32(2,3)4)18-23(44-26(24)27(39)40)28(41)45-25(20-14-10-8-11-15-20)21-16-12-9-13-17-21/h8-18,22,24-26H,1-7H3,(H,35,38)(H,39,40)(H2,34,36,42)/t22-,24+,26+/m0/s1. The first-order chi connectivity index (χ1) is 21.9. The number of carbonyl (C=O) groups is 5. The smallest absolute Gasteiger partial charge is 0.417 e. The molecule has 4 N–H and O–H groups in total. The van der Waals surface area contributed by atoms with Crippen LogP contribution in [0.25, 0.3) is 0 Å². The van der Waals surface area contributed by atoms with Crippen molar-refractivity contribution in [1.29, 1.82) is 5.41 Å². The van der Waals surface area contributed by atoms with Gasteiger partial charge in [0.15, 0.2) is 6.10 Å². The van der Waals surface area contributed by atoms with E-state index < -0.39 is 77.2 Å². The molecule has 14 nitrogen and oxygen atoms in total. The predicted molar refractivity (Wildman–Crippen MR) is 168 cm³/mol. The third-order valence-electron chi connectivity index (χ3n) is 6.26. The van der Waals surface area contributed by atoms with Gasteiger partial charge in [-0.15, -0.1) is 0 Å². The summed E-state index contributed by atoms with van der Waals surface area (Å²) in [6.07, 6.45) is -4.18. The molecule has 1 aliphatic heterocycles. The van der Waals surface area contributed by atoms with Crippen LogP contribution in [-0.2, 0) is 33.3 Å². The molecule has 3 rings (SSSR count). The molecule has 0 unspecified atom stereocenters. The van der Waals surface area contributed by atoms with Crippen LogP contribution in [-0.4, -0.2) is 75.4 Å².